The molecule has 2 amide bonds. The molecule has 2 rings (SSSR count). The average molecular weight is 328 g/mol. The van der Waals surface area contributed by atoms with Crippen LogP contribution in [-0.2, 0) is 4.74 Å². The van der Waals surface area contributed by atoms with E-state index < -0.39 is 23.7 Å². The lowest BCUT2D eigenvalue weighted by molar-refractivity contribution is 0.125. The Labute approximate surface area is 134 Å². The molecule has 1 aromatic rings. The molecule has 1 aromatic carbocycles. The Bertz CT molecular complexity index is 548. The van der Waals surface area contributed by atoms with Gasteiger partial charge >= 0.3 is 6.03 Å². The summed E-state index contributed by atoms with van der Waals surface area (Å²) >= 11 is 0. The van der Waals surface area contributed by atoms with E-state index in [0.717, 1.165) is 12.5 Å². The number of aliphatic hydroxyl groups is 1. The van der Waals surface area contributed by atoms with E-state index in [2.05, 4.69) is 10.6 Å². The van der Waals surface area contributed by atoms with Crippen LogP contribution >= 0.6 is 0 Å². The number of halogens is 2. The van der Waals surface area contributed by atoms with Gasteiger partial charge in [0.05, 0.1) is 12.6 Å². The van der Waals surface area contributed by atoms with Crippen LogP contribution in [0.2, 0.25) is 0 Å². The van der Waals surface area contributed by atoms with Gasteiger partial charge in [-0.05, 0) is 25.8 Å². The summed E-state index contributed by atoms with van der Waals surface area (Å²) in [5, 5.41) is 14.5. The fourth-order valence-electron chi connectivity index (χ4n) is 2.76. The molecule has 0 spiro atoms. The first-order valence-electron chi connectivity index (χ1n) is 7.64. The minimum Gasteiger partial charge on any atom is -0.396 e. The highest BCUT2D eigenvalue weighted by Gasteiger charge is 2.34. The first-order chi connectivity index (χ1) is 11.0. The molecule has 0 saturated carbocycles. The van der Waals surface area contributed by atoms with Gasteiger partial charge in [0, 0.05) is 30.7 Å². The molecule has 1 aliphatic heterocycles. The first kappa shape index (κ1) is 17.6. The van der Waals surface area contributed by atoms with Gasteiger partial charge in [-0.2, -0.15) is 0 Å². The van der Waals surface area contributed by atoms with Crippen molar-refractivity contribution in [1.29, 1.82) is 0 Å². The molecule has 2 unspecified atom stereocenters. The Balaban J connectivity index is 1.90. The van der Waals surface area contributed by atoms with Gasteiger partial charge in [0.1, 0.15) is 0 Å². The maximum Gasteiger partial charge on any atom is 0.315 e. The zero-order valence-corrected chi connectivity index (χ0v) is 13.1. The summed E-state index contributed by atoms with van der Waals surface area (Å²) in [4.78, 5) is 12.0. The number of hydrogen-bond donors (Lipinski definition) is 3. The summed E-state index contributed by atoms with van der Waals surface area (Å²) in [6, 6.07) is 2.73. The van der Waals surface area contributed by atoms with Gasteiger partial charge in [-0.1, -0.05) is 12.1 Å². The third kappa shape index (κ3) is 4.39. The molecule has 1 saturated heterocycles. The molecule has 3 N–H and O–H groups in total. The monoisotopic (exact) mass is 328 g/mol. The number of ether oxygens (including phenoxy) is 1. The van der Waals surface area contributed by atoms with Crippen LogP contribution in [0.3, 0.4) is 0 Å². The summed E-state index contributed by atoms with van der Waals surface area (Å²) in [6.07, 6.45) is 1.31. The van der Waals surface area contributed by atoms with Gasteiger partial charge in [-0.15, -0.1) is 0 Å². The summed E-state index contributed by atoms with van der Waals surface area (Å²) in [6.45, 7) is 3.06. The third-order valence-corrected chi connectivity index (χ3v) is 4.25. The largest absolute Gasteiger partial charge is 0.396 e. The van der Waals surface area contributed by atoms with Crippen LogP contribution in [-0.4, -0.2) is 37.5 Å². The van der Waals surface area contributed by atoms with E-state index in [1.54, 1.807) is 6.92 Å². The molecule has 0 aliphatic carbocycles. The van der Waals surface area contributed by atoms with Gasteiger partial charge in [0.15, 0.2) is 11.6 Å². The van der Waals surface area contributed by atoms with Crippen LogP contribution in [0.15, 0.2) is 18.2 Å². The van der Waals surface area contributed by atoms with Gasteiger partial charge < -0.3 is 20.5 Å². The Morgan fingerprint density at radius 3 is 2.91 bits per heavy atom. The number of carbonyl (C=O) groups is 1. The number of carbonyl (C=O) groups excluding carboxylic acids is 1. The average Bonchev–Trinajstić information content (AvgIpc) is 2.97. The van der Waals surface area contributed by atoms with Crippen molar-refractivity contribution in [3.05, 3.63) is 35.4 Å². The molecular weight excluding hydrogens is 306 g/mol. The van der Waals surface area contributed by atoms with Crippen molar-refractivity contribution in [2.45, 2.75) is 25.8 Å². The number of nitrogens with one attached hydrogen (secondary N) is 2. The van der Waals surface area contributed by atoms with Crippen LogP contribution < -0.4 is 10.6 Å². The topological polar surface area (TPSA) is 70.6 Å². The van der Waals surface area contributed by atoms with Crippen LogP contribution in [0, 0.1) is 17.0 Å². The highest BCUT2D eigenvalue weighted by molar-refractivity contribution is 5.74. The number of hydrogen-bond acceptors (Lipinski definition) is 3. The lowest BCUT2D eigenvalue weighted by Crippen LogP contribution is -2.44. The lowest BCUT2D eigenvalue weighted by atomic mass is 9.84. The highest BCUT2D eigenvalue weighted by atomic mass is 19.2. The van der Waals surface area contributed by atoms with Crippen molar-refractivity contribution in [1.82, 2.24) is 10.6 Å². The van der Waals surface area contributed by atoms with Crippen molar-refractivity contribution >= 4 is 6.03 Å². The molecule has 2 atom stereocenters. The zero-order valence-electron chi connectivity index (χ0n) is 13.1. The first-order valence-corrected chi connectivity index (χ1v) is 7.64. The van der Waals surface area contributed by atoms with Crippen LogP contribution in [0.4, 0.5) is 13.6 Å². The molecule has 5 nitrogen and oxygen atoms in total. The summed E-state index contributed by atoms with van der Waals surface area (Å²) < 4.78 is 32.3. The van der Waals surface area contributed by atoms with E-state index >= 15 is 0 Å². The molecule has 1 heterocycles. The maximum absolute atomic E-state index is 13.7. The third-order valence-electron chi connectivity index (χ3n) is 4.25. The molecular formula is C16H22F2N2O3. The fraction of sp³-hybridized carbons (Fsp3) is 0.562. The van der Waals surface area contributed by atoms with E-state index in [1.165, 1.54) is 12.1 Å². The van der Waals surface area contributed by atoms with Crippen molar-refractivity contribution in [3.8, 4) is 0 Å². The molecule has 0 aromatic heterocycles. The van der Waals surface area contributed by atoms with Crippen molar-refractivity contribution < 1.29 is 23.4 Å². The molecule has 1 fully saturated rings. The van der Waals surface area contributed by atoms with Crippen LogP contribution in [0.25, 0.3) is 0 Å². The predicted octanol–water partition coefficient (Wildman–Crippen LogP) is 2.11. The van der Waals surface area contributed by atoms with E-state index in [1.807, 2.05) is 0 Å². The summed E-state index contributed by atoms with van der Waals surface area (Å²) in [5.41, 5.74) is -0.172. The molecule has 23 heavy (non-hydrogen) atoms. The van der Waals surface area contributed by atoms with E-state index in [4.69, 9.17) is 9.84 Å². The summed E-state index contributed by atoms with van der Waals surface area (Å²) in [7, 11) is 0. The van der Waals surface area contributed by atoms with Gasteiger partial charge in [0.2, 0.25) is 0 Å². The smallest absolute Gasteiger partial charge is 0.315 e. The Kier molecular flexibility index (Phi) is 5.90. The minimum atomic E-state index is -0.957. The molecule has 1 aliphatic rings. The van der Waals surface area contributed by atoms with E-state index in [9.17, 15) is 13.6 Å². The zero-order chi connectivity index (χ0) is 16.9. The Hall–Kier alpha value is -1.73. The second kappa shape index (κ2) is 7.70. The minimum absolute atomic E-state index is 0.0254. The van der Waals surface area contributed by atoms with Crippen LogP contribution in [0.1, 0.15) is 31.4 Å². The Morgan fingerprint density at radius 1 is 1.48 bits per heavy atom. The number of urea groups is 1. The molecule has 7 heteroatoms. The van der Waals surface area contributed by atoms with Crippen molar-refractivity contribution in [3.63, 3.8) is 0 Å². The summed E-state index contributed by atoms with van der Waals surface area (Å²) in [5.74, 6) is -1.90. The standard InChI is InChI=1S/C16H22F2N2O3/c1-11(12-3-2-4-13(17)14(12)18)20-15(22)19-9-16(5-7-21)6-8-23-10-16/h2-4,11,21H,5-10H2,1H3,(H2,19,20,22). The highest BCUT2D eigenvalue weighted by Crippen LogP contribution is 2.31. The van der Waals surface area contributed by atoms with E-state index in [0.29, 0.717) is 26.2 Å². The SMILES string of the molecule is CC(NC(=O)NCC1(CCO)CCOC1)c1cccc(F)c1F. The normalized spacial score (nSPS) is 21.9. The molecule has 0 bridgehead atoms. The van der Waals surface area contributed by atoms with Crippen molar-refractivity contribution in [2.75, 3.05) is 26.4 Å². The van der Waals surface area contributed by atoms with E-state index in [-0.39, 0.29) is 17.6 Å². The number of aliphatic hydroxyl groups excluding tert-OH is 1. The number of benzene rings is 1. The maximum atomic E-state index is 13.7. The van der Waals surface area contributed by atoms with Gasteiger partial charge in [-0.25, -0.2) is 13.6 Å². The quantitative estimate of drug-likeness (QED) is 0.749. The Morgan fingerprint density at radius 2 is 2.26 bits per heavy atom. The second-order valence-corrected chi connectivity index (χ2v) is 5.97. The van der Waals surface area contributed by atoms with Crippen LogP contribution in [0.5, 0.6) is 0 Å². The fourth-order valence-corrected chi connectivity index (χ4v) is 2.76. The predicted molar refractivity (Wildman–Crippen MR) is 80.9 cm³/mol. The number of rotatable bonds is 6. The van der Waals surface area contributed by atoms with Gasteiger partial charge in [0.25, 0.3) is 0 Å². The second-order valence-electron chi connectivity index (χ2n) is 5.97. The van der Waals surface area contributed by atoms with Crippen molar-refractivity contribution in [2.24, 2.45) is 5.41 Å². The molecule has 128 valence electrons. The molecule has 0 radical (unpaired) electrons. The van der Waals surface area contributed by atoms with Gasteiger partial charge in [-0.3, -0.25) is 0 Å². The number of amides is 2. The lowest BCUT2D eigenvalue weighted by Gasteiger charge is -2.27.